The first-order chi connectivity index (χ1) is 14.1. The van der Waals surface area contributed by atoms with E-state index in [1.807, 2.05) is 37.5 Å². The number of aryl methyl sites for hydroxylation is 1. The number of aromatic nitrogens is 4. The van der Waals surface area contributed by atoms with Gasteiger partial charge in [-0.05, 0) is 50.3 Å². The summed E-state index contributed by atoms with van der Waals surface area (Å²) in [5, 5.41) is 9.59. The van der Waals surface area contributed by atoms with Crippen molar-refractivity contribution < 1.29 is 9.84 Å². The molecule has 7 nitrogen and oxygen atoms in total. The Labute approximate surface area is 170 Å². The number of ether oxygens (including phenoxy) is 1. The zero-order chi connectivity index (χ0) is 20.4. The lowest BCUT2D eigenvalue weighted by Crippen LogP contribution is -2.21. The number of nitrogens with two attached hydrogens (primary N) is 1. The van der Waals surface area contributed by atoms with Crippen molar-refractivity contribution in [1.29, 1.82) is 0 Å². The van der Waals surface area contributed by atoms with Gasteiger partial charge < -0.3 is 20.1 Å². The van der Waals surface area contributed by atoms with Crippen LogP contribution < -0.4 is 10.5 Å². The molecule has 0 amide bonds. The lowest BCUT2D eigenvalue weighted by atomic mass is 9.86. The number of benzene rings is 1. The SMILES string of the molecule is COc1ccc(-c2nccn2[C@@H]2CCC[C@@H](CO)C2)cc1-c1ncc(C)c(N)n1. The first-order valence-corrected chi connectivity index (χ1v) is 10.0. The maximum absolute atomic E-state index is 9.59. The maximum atomic E-state index is 9.59. The highest BCUT2D eigenvalue weighted by Gasteiger charge is 2.25. The van der Waals surface area contributed by atoms with Crippen LogP contribution in [-0.2, 0) is 0 Å². The first-order valence-electron chi connectivity index (χ1n) is 10.0. The van der Waals surface area contributed by atoms with Crippen LogP contribution in [0.3, 0.4) is 0 Å². The second-order valence-corrected chi connectivity index (χ2v) is 7.70. The fourth-order valence-electron chi connectivity index (χ4n) is 4.12. The van der Waals surface area contributed by atoms with E-state index in [0.29, 0.717) is 29.4 Å². The average molecular weight is 393 g/mol. The van der Waals surface area contributed by atoms with Crippen molar-refractivity contribution in [2.45, 2.75) is 38.6 Å². The summed E-state index contributed by atoms with van der Waals surface area (Å²) in [5.41, 5.74) is 8.60. The highest BCUT2D eigenvalue weighted by Crippen LogP contribution is 2.37. The fourth-order valence-corrected chi connectivity index (χ4v) is 4.12. The zero-order valence-corrected chi connectivity index (χ0v) is 16.9. The van der Waals surface area contributed by atoms with Crippen molar-refractivity contribution in [1.82, 2.24) is 19.5 Å². The number of anilines is 1. The summed E-state index contributed by atoms with van der Waals surface area (Å²) < 4.78 is 7.78. The molecule has 0 unspecified atom stereocenters. The minimum atomic E-state index is 0.249. The summed E-state index contributed by atoms with van der Waals surface area (Å²) in [6.07, 6.45) is 9.88. The summed E-state index contributed by atoms with van der Waals surface area (Å²) in [7, 11) is 1.63. The van der Waals surface area contributed by atoms with Crippen LogP contribution in [0.25, 0.3) is 22.8 Å². The van der Waals surface area contributed by atoms with Crippen molar-refractivity contribution in [3.8, 4) is 28.5 Å². The number of hydrogen-bond acceptors (Lipinski definition) is 6. The number of imidazole rings is 1. The molecule has 2 atom stereocenters. The predicted octanol–water partition coefficient (Wildman–Crippen LogP) is 3.63. The molecule has 1 aliphatic rings. The third-order valence-corrected chi connectivity index (χ3v) is 5.78. The highest BCUT2D eigenvalue weighted by atomic mass is 16.5. The molecule has 0 radical (unpaired) electrons. The van der Waals surface area contributed by atoms with Gasteiger partial charge >= 0.3 is 0 Å². The van der Waals surface area contributed by atoms with E-state index in [4.69, 9.17) is 10.5 Å². The standard InChI is InChI=1S/C22H27N5O2/c1-14-12-25-21(26-20(14)23)18-11-16(6-7-19(18)29-2)22-24-8-9-27(22)17-5-3-4-15(10-17)13-28/h6-9,11-12,15,17,28H,3-5,10,13H2,1-2H3,(H2,23,25,26)/t15-,17-/m1/s1. The van der Waals surface area contributed by atoms with E-state index < -0.39 is 0 Å². The van der Waals surface area contributed by atoms with Crippen molar-refractivity contribution in [3.63, 3.8) is 0 Å². The average Bonchev–Trinajstić information content (AvgIpc) is 3.25. The summed E-state index contributed by atoms with van der Waals surface area (Å²) in [4.78, 5) is 13.5. The molecule has 2 heterocycles. The molecular formula is C22H27N5O2. The molecule has 1 saturated carbocycles. The van der Waals surface area contributed by atoms with Gasteiger partial charge in [0.1, 0.15) is 17.4 Å². The van der Waals surface area contributed by atoms with Gasteiger partial charge in [-0.2, -0.15) is 0 Å². The fraction of sp³-hybridized carbons (Fsp3) is 0.409. The Morgan fingerprint density at radius 2 is 2.14 bits per heavy atom. The molecule has 7 heteroatoms. The lowest BCUT2D eigenvalue weighted by molar-refractivity contribution is 0.163. The van der Waals surface area contributed by atoms with Crippen LogP contribution in [0, 0.1) is 12.8 Å². The van der Waals surface area contributed by atoms with Crippen molar-refractivity contribution >= 4 is 5.82 Å². The normalized spacial score (nSPS) is 19.3. The number of methoxy groups -OCH3 is 1. The Morgan fingerprint density at radius 3 is 2.90 bits per heavy atom. The summed E-state index contributed by atoms with van der Waals surface area (Å²) >= 11 is 0. The van der Waals surface area contributed by atoms with E-state index in [1.165, 1.54) is 0 Å². The van der Waals surface area contributed by atoms with Gasteiger partial charge in [0.25, 0.3) is 0 Å². The second kappa shape index (κ2) is 8.21. The van der Waals surface area contributed by atoms with Gasteiger partial charge in [0, 0.05) is 42.4 Å². The van der Waals surface area contributed by atoms with Crippen molar-refractivity contribution in [2.24, 2.45) is 5.92 Å². The number of aliphatic hydroxyl groups is 1. The van der Waals surface area contributed by atoms with E-state index in [0.717, 1.165) is 48.2 Å². The molecule has 3 aromatic rings. The summed E-state index contributed by atoms with van der Waals surface area (Å²) in [6.45, 7) is 2.13. The van der Waals surface area contributed by atoms with Crippen LogP contribution in [0.2, 0.25) is 0 Å². The molecule has 0 spiro atoms. The van der Waals surface area contributed by atoms with Gasteiger partial charge in [0.15, 0.2) is 5.82 Å². The summed E-state index contributed by atoms with van der Waals surface area (Å²) in [6, 6.07) is 6.27. The number of aliphatic hydroxyl groups excluding tert-OH is 1. The summed E-state index contributed by atoms with van der Waals surface area (Å²) in [5.74, 6) is 2.94. The van der Waals surface area contributed by atoms with E-state index in [2.05, 4.69) is 19.5 Å². The molecule has 1 fully saturated rings. The van der Waals surface area contributed by atoms with Crippen LogP contribution in [0.5, 0.6) is 5.75 Å². The molecule has 3 N–H and O–H groups in total. The largest absolute Gasteiger partial charge is 0.496 e. The Bertz CT molecular complexity index is 1000. The molecule has 0 aliphatic heterocycles. The van der Waals surface area contributed by atoms with Gasteiger partial charge in [-0.1, -0.05) is 6.42 Å². The van der Waals surface area contributed by atoms with Gasteiger partial charge in [-0.3, -0.25) is 0 Å². The Kier molecular flexibility index (Phi) is 5.49. The van der Waals surface area contributed by atoms with E-state index in [1.54, 1.807) is 13.3 Å². The molecule has 4 rings (SSSR count). The van der Waals surface area contributed by atoms with Crippen LogP contribution in [0.1, 0.15) is 37.3 Å². The van der Waals surface area contributed by atoms with Crippen LogP contribution in [0.15, 0.2) is 36.8 Å². The third kappa shape index (κ3) is 3.82. The molecular weight excluding hydrogens is 366 g/mol. The van der Waals surface area contributed by atoms with Gasteiger partial charge in [-0.15, -0.1) is 0 Å². The van der Waals surface area contributed by atoms with Crippen LogP contribution in [-0.4, -0.2) is 38.3 Å². The van der Waals surface area contributed by atoms with Gasteiger partial charge in [-0.25, -0.2) is 15.0 Å². The Balaban J connectivity index is 1.74. The lowest BCUT2D eigenvalue weighted by Gasteiger charge is -2.30. The van der Waals surface area contributed by atoms with Gasteiger partial charge in [0.2, 0.25) is 0 Å². The number of rotatable bonds is 5. The van der Waals surface area contributed by atoms with Crippen molar-refractivity contribution in [3.05, 3.63) is 42.4 Å². The molecule has 1 aliphatic carbocycles. The molecule has 2 aromatic heterocycles. The minimum Gasteiger partial charge on any atom is -0.496 e. The highest BCUT2D eigenvalue weighted by molar-refractivity contribution is 5.72. The van der Waals surface area contributed by atoms with E-state index >= 15 is 0 Å². The second-order valence-electron chi connectivity index (χ2n) is 7.70. The number of nitrogen functional groups attached to an aromatic ring is 1. The van der Waals surface area contributed by atoms with E-state index in [9.17, 15) is 5.11 Å². The predicted molar refractivity (Wildman–Crippen MR) is 112 cm³/mol. The first kappa shape index (κ1) is 19.4. The van der Waals surface area contributed by atoms with Crippen molar-refractivity contribution in [2.75, 3.05) is 19.5 Å². The van der Waals surface area contributed by atoms with E-state index in [-0.39, 0.29) is 6.61 Å². The molecule has 152 valence electrons. The molecule has 29 heavy (non-hydrogen) atoms. The zero-order valence-electron chi connectivity index (χ0n) is 16.9. The Hall–Kier alpha value is -2.93. The van der Waals surface area contributed by atoms with Crippen LogP contribution >= 0.6 is 0 Å². The topological polar surface area (TPSA) is 99.1 Å². The molecule has 0 saturated heterocycles. The molecule has 1 aromatic carbocycles. The quantitative estimate of drug-likeness (QED) is 0.687. The maximum Gasteiger partial charge on any atom is 0.165 e. The molecule has 0 bridgehead atoms. The van der Waals surface area contributed by atoms with Crippen LogP contribution in [0.4, 0.5) is 5.82 Å². The number of hydrogen-bond donors (Lipinski definition) is 2. The smallest absolute Gasteiger partial charge is 0.165 e. The minimum absolute atomic E-state index is 0.249. The Morgan fingerprint density at radius 1 is 1.28 bits per heavy atom. The third-order valence-electron chi connectivity index (χ3n) is 5.78. The van der Waals surface area contributed by atoms with Gasteiger partial charge in [0.05, 0.1) is 12.7 Å². The number of nitrogens with zero attached hydrogens (tertiary/aromatic N) is 4. The monoisotopic (exact) mass is 393 g/mol.